The maximum atomic E-state index is 13.1. The normalized spacial score (nSPS) is 18.0. The van der Waals surface area contributed by atoms with Crippen LogP contribution >= 0.6 is 23.2 Å². The second-order valence-corrected chi connectivity index (χ2v) is 8.51. The average Bonchev–Trinajstić information content (AvgIpc) is 3.51. The van der Waals surface area contributed by atoms with Gasteiger partial charge in [-0.15, -0.1) is 0 Å². The Morgan fingerprint density at radius 1 is 1.03 bits per heavy atom. The zero-order valence-electron chi connectivity index (χ0n) is 17.2. The molecule has 8 heteroatoms. The molecule has 162 valence electrons. The third kappa shape index (κ3) is 4.92. The van der Waals surface area contributed by atoms with Crippen LogP contribution in [0.3, 0.4) is 0 Å². The molecule has 1 fully saturated rings. The first-order valence-electron chi connectivity index (χ1n) is 9.77. The number of hydrogen-bond acceptors (Lipinski definition) is 4. The minimum Gasteiger partial charge on any atom is -0.394 e. The fourth-order valence-corrected chi connectivity index (χ4v) is 3.82. The van der Waals surface area contributed by atoms with Crippen molar-refractivity contribution in [3.63, 3.8) is 0 Å². The number of rotatable bonds is 4. The van der Waals surface area contributed by atoms with Crippen molar-refractivity contribution in [1.82, 2.24) is 0 Å². The van der Waals surface area contributed by atoms with Crippen molar-refractivity contribution in [2.24, 2.45) is 17.4 Å². The highest BCUT2D eigenvalue weighted by atomic mass is 35.5. The summed E-state index contributed by atoms with van der Waals surface area (Å²) in [6.07, 6.45) is 1.68. The van der Waals surface area contributed by atoms with E-state index in [4.69, 9.17) is 28.9 Å². The lowest BCUT2D eigenvalue weighted by atomic mass is 9.93. The number of aryl methyl sites for hydroxylation is 1. The molecule has 6 nitrogen and oxygen atoms in total. The predicted molar refractivity (Wildman–Crippen MR) is 122 cm³/mol. The van der Waals surface area contributed by atoms with E-state index in [1.807, 2.05) is 25.1 Å². The summed E-state index contributed by atoms with van der Waals surface area (Å²) in [4.78, 5) is 36.9. The minimum absolute atomic E-state index is 0.0197. The third-order valence-corrected chi connectivity index (χ3v) is 5.59. The molecule has 1 aliphatic carbocycles. The van der Waals surface area contributed by atoms with Crippen molar-refractivity contribution in [2.75, 3.05) is 4.90 Å². The van der Waals surface area contributed by atoms with Crippen LogP contribution in [0.25, 0.3) is 0 Å². The van der Waals surface area contributed by atoms with Crippen LogP contribution in [0.15, 0.2) is 53.7 Å². The molecule has 2 aliphatic rings. The van der Waals surface area contributed by atoms with Gasteiger partial charge in [0.25, 0.3) is 5.91 Å². The molecule has 4 N–H and O–H groups in total. The lowest BCUT2D eigenvalue weighted by molar-refractivity contribution is -0.117. The molecule has 4 rings (SSSR count). The van der Waals surface area contributed by atoms with Crippen molar-refractivity contribution in [1.29, 1.82) is 0 Å². The highest BCUT2D eigenvalue weighted by Gasteiger charge is 2.46. The quantitative estimate of drug-likeness (QED) is 0.717. The standard InChI is InChI=1S/C21H18Cl2N2O2.C2H5NO/c1-11-2-7-15(23)10-16(11)25-19(12-5-8-14(22)9-6-12)17(18(24)21(25)27)20(26)13-3-4-13;1-2(3)4/h2,5-10,13,19H,3-4,24H2,1H3;1H3,(H2,3,4). The Kier molecular flexibility index (Phi) is 6.72. The van der Waals surface area contributed by atoms with E-state index in [0.29, 0.717) is 21.3 Å². The van der Waals surface area contributed by atoms with Gasteiger partial charge in [-0.05, 0) is 55.2 Å². The predicted octanol–water partition coefficient (Wildman–Crippen LogP) is 4.07. The van der Waals surface area contributed by atoms with Crippen molar-refractivity contribution < 1.29 is 14.4 Å². The van der Waals surface area contributed by atoms with E-state index in [1.54, 1.807) is 29.2 Å². The van der Waals surface area contributed by atoms with E-state index >= 15 is 0 Å². The molecular formula is C23H23Cl2N3O3. The van der Waals surface area contributed by atoms with Crippen LogP contribution in [0.5, 0.6) is 0 Å². The van der Waals surface area contributed by atoms with Gasteiger partial charge in [-0.3, -0.25) is 19.3 Å². The summed E-state index contributed by atoms with van der Waals surface area (Å²) in [6, 6.07) is 11.9. The van der Waals surface area contributed by atoms with Crippen molar-refractivity contribution in [3.05, 3.63) is 74.9 Å². The maximum absolute atomic E-state index is 13.1. The van der Waals surface area contributed by atoms with Gasteiger partial charge in [-0.25, -0.2) is 0 Å². The molecule has 31 heavy (non-hydrogen) atoms. The molecule has 1 aliphatic heterocycles. The highest BCUT2D eigenvalue weighted by Crippen LogP contribution is 2.45. The van der Waals surface area contributed by atoms with Gasteiger partial charge >= 0.3 is 0 Å². The van der Waals surface area contributed by atoms with Crippen LogP contribution in [-0.4, -0.2) is 17.6 Å². The number of benzene rings is 2. The van der Waals surface area contributed by atoms with Gasteiger partial charge in [-0.2, -0.15) is 0 Å². The summed E-state index contributed by atoms with van der Waals surface area (Å²) in [5, 5.41) is 1.10. The Balaban J connectivity index is 0.000000628. The van der Waals surface area contributed by atoms with Crippen molar-refractivity contribution in [2.45, 2.75) is 32.7 Å². The van der Waals surface area contributed by atoms with E-state index < -0.39 is 6.04 Å². The average molecular weight is 460 g/mol. The van der Waals surface area contributed by atoms with Crippen LogP contribution in [0.4, 0.5) is 5.69 Å². The second-order valence-electron chi connectivity index (χ2n) is 7.64. The first-order valence-corrected chi connectivity index (χ1v) is 10.5. The first-order chi connectivity index (χ1) is 14.6. The summed E-state index contributed by atoms with van der Waals surface area (Å²) < 4.78 is 0. The van der Waals surface area contributed by atoms with Gasteiger partial charge in [-0.1, -0.05) is 41.4 Å². The van der Waals surface area contributed by atoms with Gasteiger partial charge in [0.1, 0.15) is 5.70 Å². The van der Waals surface area contributed by atoms with E-state index in [2.05, 4.69) is 5.73 Å². The van der Waals surface area contributed by atoms with Crippen LogP contribution in [0.2, 0.25) is 10.0 Å². The van der Waals surface area contributed by atoms with Gasteiger partial charge in [0, 0.05) is 28.6 Å². The molecular weight excluding hydrogens is 437 g/mol. The zero-order valence-corrected chi connectivity index (χ0v) is 18.7. The summed E-state index contributed by atoms with van der Waals surface area (Å²) in [6.45, 7) is 3.20. The highest BCUT2D eigenvalue weighted by molar-refractivity contribution is 6.31. The molecule has 1 saturated carbocycles. The molecule has 1 atom stereocenters. The van der Waals surface area contributed by atoms with Gasteiger partial charge < -0.3 is 11.5 Å². The molecule has 0 saturated heterocycles. The summed E-state index contributed by atoms with van der Waals surface area (Å²) in [5.74, 6) is -0.783. The lowest BCUT2D eigenvalue weighted by Gasteiger charge is -2.28. The smallest absolute Gasteiger partial charge is 0.275 e. The first kappa shape index (κ1) is 22.8. The van der Waals surface area contributed by atoms with Crippen LogP contribution in [0.1, 0.15) is 36.9 Å². The summed E-state index contributed by atoms with van der Waals surface area (Å²) in [5.41, 5.74) is 13.4. The fraction of sp³-hybridized carbons (Fsp3) is 0.261. The SMILES string of the molecule is CC(N)=O.Cc1ccc(Cl)cc1N1C(=O)C(N)=C(C(=O)C2CC2)C1c1ccc(Cl)cc1. The number of primary amides is 1. The molecule has 0 aromatic heterocycles. The largest absolute Gasteiger partial charge is 0.394 e. The topological polar surface area (TPSA) is 106 Å². The third-order valence-electron chi connectivity index (χ3n) is 5.10. The molecule has 0 spiro atoms. The lowest BCUT2D eigenvalue weighted by Crippen LogP contribution is -2.32. The number of anilines is 1. The van der Waals surface area contributed by atoms with Crippen LogP contribution < -0.4 is 16.4 Å². The van der Waals surface area contributed by atoms with Crippen LogP contribution in [-0.2, 0) is 14.4 Å². The maximum Gasteiger partial charge on any atom is 0.275 e. The number of nitrogens with two attached hydrogens (primary N) is 2. The Hall–Kier alpha value is -2.83. The van der Waals surface area contributed by atoms with Gasteiger partial charge in [0.05, 0.1) is 11.6 Å². The van der Waals surface area contributed by atoms with E-state index in [-0.39, 0.29) is 29.2 Å². The minimum atomic E-state index is -0.583. The van der Waals surface area contributed by atoms with E-state index in [9.17, 15) is 14.4 Å². The van der Waals surface area contributed by atoms with Crippen LogP contribution in [0, 0.1) is 12.8 Å². The number of amides is 2. The molecule has 2 aromatic rings. The van der Waals surface area contributed by atoms with Gasteiger partial charge in [0.2, 0.25) is 5.91 Å². The monoisotopic (exact) mass is 459 g/mol. The van der Waals surface area contributed by atoms with E-state index in [1.165, 1.54) is 6.92 Å². The van der Waals surface area contributed by atoms with E-state index in [0.717, 1.165) is 24.0 Å². The number of ketones is 1. The molecule has 2 aromatic carbocycles. The number of carbonyl (C=O) groups is 3. The number of halogens is 2. The summed E-state index contributed by atoms with van der Waals surface area (Å²) in [7, 11) is 0. The Morgan fingerprint density at radius 3 is 2.13 bits per heavy atom. The van der Waals surface area contributed by atoms with Gasteiger partial charge in [0.15, 0.2) is 5.78 Å². The molecule has 0 bridgehead atoms. The van der Waals surface area contributed by atoms with Crippen molar-refractivity contribution >= 4 is 46.5 Å². The molecule has 0 radical (unpaired) electrons. The van der Waals surface area contributed by atoms with Crippen molar-refractivity contribution in [3.8, 4) is 0 Å². The number of carbonyl (C=O) groups excluding carboxylic acids is 3. The number of nitrogens with zero attached hydrogens (tertiary/aromatic N) is 1. The zero-order chi connectivity index (χ0) is 22.9. The Bertz CT molecular complexity index is 1070. The number of Topliss-reactive ketones (excluding diaryl/α,β-unsaturated/α-hetero) is 1. The Labute approximate surface area is 190 Å². The molecule has 2 amide bonds. The second kappa shape index (κ2) is 9.12. The molecule has 1 heterocycles. The summed E-state index contributed by atoms with van der Waals surface area (Å²) >= 11 is 12.2. The molecule has 1 unspecified atom stereocenters. The number of hydrogen-bond donors (Lipinski definition) is 2. The fourth-order valence-electron chi connectivity index (χ4n) is 3.52. The Morgan fingerprint density at radius 2 is 1.58 bits per heavy atom.